The second-order valence-corrected chi connectivity index (χ2v) is 7.32. The average molecular weight is 385 g/mol. The zero-order valence-corrected chi connectivity index (χ0v) is 16.3. The van der Waals surface area contributed by atoms with Crippen molar-refractivity contribution < 1.29 is 4.79 Å². The largest absolute Gasteiger partial charge is 0.297 e. The Kier molecular flexibility index (Phi) is 6.98. The van der Waals surface area contributed by atoms with Crippen LogP contribution >= 0.6 is 11.6 Å². The van der Waals surface area contributed by atoms with E-state index in [1.807, 2.05) is 43.3 Å². The lowest BCUT2D eigenvalue weighted by atomic mass is 10.2. The fraction of sp³-hybridized carbons (Fsp3) is 0.333. The van der Waals surface area contributed by atoms with Gasteiger partial charge in [-0.25, -0.2) is 5.43 Å². The molecule has 1 N–H and O–H groups in total. The summed E-state index contributed by atoms with van der Waals surface area (Å²) < 4.78 is 0. The molecule has 1 saturated heterocycles. The van der Waals surface area contributed by atoms with E-state index in [-0.39, 0.29) is 5.91 Å². The van der Waals surface area contributed by atoms with E-state index in [0.29, 0.717) is 6.54 Å². The SMILES string of the molecule is Cc1ccc(/C=N/NC(=O)CN2CCN(Cc3ccc(Cl)cc3)CC2)cc1. The molecular weight excluding hydrogens is 360 g/mol. The molecule has 5 nitrogen and oxygen atoms in total. The predicted octanol–water partition coefficient (Wildman–Crippen LogP) is 2.92. The standard InChI is InChI=1S/C21H25ClN4O/c1-17-2-4-18(5-3-17)14-23-24-21(27)16-26-12-10-25(11-13-26)15-19-6-8-20(22)9-7-19/h2-9,14H,10-13,15-16H2,1H3,(H,24,27)/b23-14+. The van der Waals surface area contributed by atoms with Crippen molar-refractivity contribution in [2.45, 2.75) is 13.5 Å². The molecule has 1 aliphatic rings. The summed E-state index contributed by atoms with van der Waals surface area (Å²) in [6.07, 6.45) is 1.67. The van der Waals surface area contributed by atoms with E-state index in [4.69, 9.17) is 11.6 Å². The van der Waals surface area contributed by atoms with E-state index in [1.165, 1.54) is 11.1 Å². The summed E-state index contributed by atoms with van der Waals surface area (Å²) in [5, 5.41) is 4.81. The Bertz CT molecular complexity index is 766. The van der Waals surface area contributed by atoms with Crippen molar-refractivity contribution >= 4 is 23.7 Å². The molecule has 0 saturated carbocycles. The number of hydrazone groups is 1. The van der Waals surface area contributed by atoms with Crippen LogP contribution in [0.3, 0.4) is 0 Å². The number of halogens is 1. The first-order valence-electron chi connectivity index (χ1n) is 9.16. The van der Waals surface area contributed by atoms with Gasteiger partial charge in [0.2, 0.25) is 0 Å². The van der Waals surface area contributed by atoms with Gasteiger partial charge in [-0.2, -0.15) is 5.10 Å². The zero-order valence-electron chi connectivity index (χ0n) is 15.6. The van der Waals surface area contributed by atoms with Crippen molar-refractivity contribution in [3.8, 4) is 0 Å². The van der Waals surface area contributed by atoms with E-state index < -0.39 is 0 Å². The van der Waals surface area contributed by atoms with Gasteiger partial charge in [0, 0.05) is 37.7 Å². The summed E-state index contributed by atoms with van der Waals surface area (Å²) in [4.78, 5) is 16.6. The lowest BCUT2D eigenvalue weighted by molar-refractivity contribution is -0.122. The molecule has 1 heterocycles. The van der Waals surface area contributed by atoms with E-state index in [0.717, 1.165) is 43.3 Å². The number of aryl methyl sites for hydroxylation is 1. The summed E-state index contributed by atoms with van der Waals surface area (Å²) >= 11 is 5.93. The van der Waals surface area contributed by atoms with Crippen molar-refractivity contribution in [2.24, 2.45) is 5.10 Å². The number of piperazine rings is 1. The fourth-order valence-electron chi connectivity index (χ4n) is 3.02. The monoisotopic (exact) mass is 384 g/mol. The number of hydrogen-bond donors (Lipinski definition) is 1. The second kappa shape index (κ2) is 9.65. The average Bonchev–Trinajstić information content (AvgIpc) is 2.67. The number of nitrogens with one attached hydrogen (secondary N) is 1. The van der Waals surface area contributed by atoms with Crippen LogP contribution in [0.1, 0.15) is 16.7 Å². The van der Waals surface area contributed by atoms with Gasteiger partial charge in [0.25, 0.3) is 5.91 Å². The number of rotatable bonds is 6. The normalized spacial score (nSPS) is 15.9. The molecule has 0 unspecified atom stereocenters. The Morgan fingerprint density at radius 1 is 1.04 bits per heavy atom. The summed E-state index contributed by atoms with van der Waals surface area (Å²) in [5.74, 6) is -0.0792. The van der Waals surface area contributed by atoms with Gasteiger partial charge >= 0.3 is 0 Å². The fourth-order valence-corrected chi connectivity index (χ4v) is 3.15. The number of carbonyl (C=O) groups is 1. The Labute approximate surface area is 165 Å². The van der Waals surface area contributed by atoms with Crippen molar-refractivity contribution in [1.29, 1.82) is 0 Å². The minimum Gasteiger partial charge on any atom is -0.297 e. The Balaban J connectivity index is 1.37. The first kappa shape index (κ1) is 19.5. The van der Waals surface area contributed by atoms with Gasteiger partial charge in [-0.1, -0.05) is 53.6 Å². The molecule has 0 bridgehead atoms. The second-order valence-electron chi connectivity index (χ2n) is 6.88. The summed E-state index contributed by atoms with van der Waals surface area (Å²) in [5.41, 5.74) is 6.04. The number of amides is 1. The number of carbonyl (C=O) groups excluding carboxylic acids is 1. The van der Waals surface area contributed by atoms with Crippen LogP contribution in [0, 0.1) is 6.92 Å². The van der Waals surface area contributed by atoms with Gasteiger partial charge in [-0.05, 0) is 30.2 Å². The molecule has 0 aliphatic carbocycles. The molecule has 0 aromatic heterocycles. The topological polar surface area (TPSA) is 47.9 Å². The third-order valence-electron chi connectivity index (χ3n) is 4.63. The van der Waals surface area contributed by atoms with E-state index in [9.17, 15) is 4.79 Å². The molecule has 142 valence electrons. The summed E-state index contributed by atoms with van der Waals surface area (Å²) in [6.45, 7) is 6.98. The van der Waals surface area contributed by atoms with Crippen molar-refractivity contribution in [1.82, 2.24) is 15.2 Å². The Hall–Kier alpha value is -2.21. The van der Waals surface area contributed by atoms with Crippen LogP contribution < -0.4 is 5.43 Å². The Morgan fingerprint density at radius 3 is 2.33 bits per heavy atom. The maximum atomic E-state index is 12.1. The van der Waals surface area contributed by atoms with Crippen LogP contribution in [0.25, 0.3) is 0 Å². The lowest BCUT2D eigenvalue weighted by Crippen LogP contribution is -2.48. The number of nitrogens with zero attached hydrogens (tertiary/aromatic N) is 3. The molecule has 0 radical (unpaired) electrons. The highest BCUT2D eigenvalue weighted by Crippen LogP contribution is 2.12. The predicted molar refractivity (Wildman–Crippen MR) is 110 cm³/mol. The van der Waals surface area contributed by atoms with Gasteiger partial charge < -0.3 is 0 Å². The quantitative estimate of drug-likeness (QED) is 0.615. The van der Waals surface area contributed by atoms with Gasteiger partial charge in [-0.3, -0.25) is 14.6 Å². The molecule has 1 amide bonds. The third-order valence-corrected chi connectivity index (χ3v) is 4.88. The number of benzene rings is 2. The maximum absolute atomic E-state index is 12.1. The van der Waals surface area contributed by atoms with Crippen molar-refractivity contribution in [3.63, 3.8) is 0 Å². The third kappa shape index (κ3) is 6.47. The molecule has 2 aromatic carbocycles. The molecule has 0 spiro atoms. The van der Waals surface area contributed by atoms with Crippen LogP contribution in [0.5, 0.6) is 0 Å². The van der Waals surface area contributed by atoms with E-state index in [1.54, 1.807) is 6.21 Å². The molecule has 0 atom stereocenters. The van der Waals surface area contributed by atoms with Gasteiger partial charge in [0.05, 0.1) is 12.8 Å². The molecule has 27 heavy (non-hydrogen) atoms. The highest BCUT2D eigenvalue weighted by atomic mass is 35.5. The van der Waals surface area contributed by atoms with Crippen molar-refractivity contribution in [2.75, 3.05) is 32.7 Å². The highest BCUT2D eigenvalue weighted by Gasteiger charge is 2.18. The molecule has 2 aromatic rings. The summed E-state index contributed by atoms with van der Waals surface area (Å²) in [6, 6.07) is 16.0. The maximum Gasteiger partial charge on any atom is 0.254 e. The summed E-state index contributed by atoms with van der Waals surface area (Å²) in [7, 11) is 0. The lowest BCUT2D eigenvalue weighted by Gasteiger charge is -2.34. The van der Waals surface area contributed by atoms with Crippen LogP contribution in [0.4, 0.5) is 0 Å². The number of hydrogen-bond acceptors (Lipinski definition) is 4. The van der Waals surface area contributed by atoms with Gasteiger partial charge in [0.1, 0.15) is 0 Å². The van der Waals surface area contributed by atoms with Gasteiger partial charge in [-0.15, -0.1) is 0 Å². The van der Waals surface area contributed by atoms with Crippen LogP contribution in [0.2, 0.25) is 5.02 Å². The van der Waals surface area contributed by atoms with Crippen molar-refractivity contribution in [3.05, 3.63) is 70.2 Å². The zero-order chi connectivity index (χ0) is 19.1. The molecule has 1 fully saturated rings. The molecule has 3 rings (SSSR count). The van der Waals surface area contributed by atoms with Gasteiger partial charge in [0.15, 0.2) is 0 Å². The minimum atomic E-state index is -0.0792. The molecule has 1 aliphatic heterocycles. The molecule has 6 heteroatoms. The van der Waals surface area contributed by atoms with Crippen LogP contribution in [-0.4, -0.2) is 54.6 Å². The van der Waals surface area contributed by atoms with Crippen LogP contribution in [-0.2, 0) is 11.3 Å². The smallest absolute Gasteiger partial charge is 0.254 e. The molecular formula is C21H25ClN4O. The van der Waals surface area contributed by atoms with E-state index >= 15 is 0 Å². The highest BCUT2D eigenvalue weighted by molar-refractivity contribution is 6.30. The minimum absolute atomic E-state index is 0.0792. The van der Waals surface area contributed by atoms with E-state index in [2.05, 4.69) is 32.5 Å². The van der Waals surface area contributed by atoms with Crippen LogP contribution in [0.15, 0.2) is 53.6 Å². The Morgan fingerprint density at radius 2 is 1.67 bits per heavy atom. The first-order chi connectivity index (χ1) is 13.1. The first-order valence-corrected chi connectivity index (χ1v) is 9.54.